The molecule has 0 bridgehead atoms. The van der Waals surface area contributed by atoms with Gasteiger partial charge in [0.05, 0.1) is 18.6 Å². The summed E-state index contributed by atoms with van der Waals surface area (Å²) in [4.78, 5) is 26.8. The van der Waals surface area contributed by atoms with E-state index in [9.17, 15) is 9.59 Å². The van der Waals surface area contributed by atoms with Crippen LogP contribution in [0.15, 0.2) is 30.3 Å². The van der Waals surface area contributed by atoms with Crippen LogP contribution in [0.3, 0.4) is 0 Å². The van der Waals surface area contributed by atoms with E-state index >= 15 is 0 Å². The van der Waals surface area contributed by atoms with Crippen LogP contribution < -0.4 is 5.32 Å². The number of methoxy groups -OCH3 is 1. The first-order valence-corrected chi connectivity index (χ1v) is 8.83. The number of rotatable bonds is 4. The molecule has 0 aliphatic carbocycles. The number of carbonyl (C=O) groups excluding carboxylic acids is 2. The van der Waals surface area contributed by atoms with Crippen molar-refractivity contribution in [3.8, 4) is 0 Å². The molecule has 2 heterocycles. The van der Waals surface area contributed by atoms with Gasteiger partial charge in [-0.2, -0.15) is 0 Å². The van der Waals surface area contributed by atoms with Crippen molar-refractivity contribution in [1.29, 1.82) is 0 Å². The summed E-state index contributed by atoms with van der Waals surface area (Å²) in [6.45, 7) is 4.18. The van der Waals surface area contributed by atoms with Crippen molar-refractivity contribution < 1.29 is 19.1 Å². The maximum atomic E-state index is 12.7. The second-order valence-electron chi connectivity index (χ2n) is 7.03. The van der Waals surface area contributed by atoms with E-state index in [-0.39, 0.29) is 24.6 Å². The van der Waals surface area contributed by atoms with Crippen molar-refractivity contribution in [1.82, 2.24) is 10.2 Å². The number of hydrogen-bond donors (Lipinski definition) is 1. The summed E-state index contributed by atoms with van der Waals surface area (Å²) < 4.78 is 10.3. The van der Waals surface area contributed by atoms with Crippen LogP contribution in [-0.2, 0) is 14.3 Å². The first kappa shape index (κ1) is 17.7. The normalized spacial score (nSPS) is 25.0. The Morgan fingerprint density at radius 2 is 1.96 bits per heavy atom. The molecule has 0 radical (unpaired) electrons. The topological polar surface area (TPSA) is 67.9 Å². The number of carbonyl (C=O) groups is 2. The lowest BCUT2D eigenvalue weighted by molar-refractivity contribution is -0.158. The smallest absolute Gasteiger partial charge is 0.317 e. The summed E-state index contributed by atoms with van der Waals surface area (Å²) in [5.74, 6) is 0.151. The van der Waals surface area contributed by atoms with Gasteiger partial charge in [-0.3, -0.25) is 4.79 Å². The fourth-order valence-electron chi connectivity index (χ4n) is 3.84. The van der Waals surface area contributed by atoms with Crippen molar-refractivity contribution in [2.45, 2.75) is 25.8 Å². The zero-order valence-electron chi connectivity index (χ0n) is 14.9. The van der Waals surface area contributed by atoms with Crippen LogP contribution in [0.5, 0.6) is 0 Å². The van der Waals surface area contributed by atoms with E-state index in [2.05, 4.69) is 24.4 Å². The van der Waals surface area contributed by atoms with Crippen molar-refractivity contribution in [2.24, 2.45) is 11.3 Å². The largest absolute Gasteiger partial charge is 0.469 e. The quantitative estimate of drug-likeness (QED) is 0.850. The maximum absolute atomic E-state index is 12.7. The predicted molar refractivity (Wildman–Crippen MR) is 93.0 cm³/mol. The molecule has 136 valence electrons. The fraction of sp³-hybridized carbons (Fsp3) is 0.579. The van der Waals surface area contributed by atoms with Crippen LogP contribution in [0, 0.1) is 11.3 Å². The number of ether oxygens (including phenoxy) is 2. The molecule has 1 aromatic rings. The van der Waals surface area contributed by atoms with Crippen LogP contribution >= 0.6 is 0 Å². The lowest BCUT2D eigenvalue weighted by Gasteiger charge is -2.47. The van der Waals surface area contributed by atoms with Gasteiger partial charge in [0.2, 0.25) is 0 Å². The third-order valence-corrected chi connectivity index (χ3v) is 5.41. The van der Waals surface area contributed by atoms with Crippen LogP contribution in [-0.4, -0.2) is 50.3 Å². The SMILES string of the molecule is COC(=O)C1(CNC(=O)N2C[C@@H](C)[C@H]2c2ccccc2)CCOCC1. The number of nitrogens with zero attached hydrogens (tertiary/aromatic N) is 1. The van der Waals surface area contributed by atoms with Gasteiger partial charge in [0.1, 0.15) is 0 Å². The van der Waals surface area contributed by atoms with Gasteiger partial charge in [0.15, 0.2) is 0 Å². The van der Waals surface area contributed by atoms with Gasteiger partial charge in [-0.25, -0.2) is 4.79 Å². The number of amides is 2. The van der Waals surface area contributed by atoms with Crippen molar-refractivity contribution >= 4 is 12.0 Å². The molecule has 3 rings (SSSR count). The Balaban J connectivity index is 1.64. The Kier molecular flexibility index (Phi) is 5.27. The van der Waals surface area contributed by atoms with Gasteiger partial charge in [-0.15, -0.1) is 0 Å². The van der Waals surface area contributed by atoms with Crippen LogP contribution in [0.1, 0.15) is 31.4 Å². The van der Waals surface area contributed by atoms with Gasteiger partial charge < -0.3 is 19.7 Å². The highest BCUT2D eigenvalue weighted by Gasteiger charge is 2.44. The van der Waals surface area contributed by atoms with E-state index in [0.717, 1.165) is 12.1 Å². The number of benzene rings is 1. The minimum Gasteiger partial charge on any atom is -0.469 e. The third-order valence-electron chi connectivity index (χ3n) is 5.41. The lowest BCUT2D eigenvalue weighted by Crippen LogP contribution is -2.57. The van der Waals surface area contributed by atoms with Crippen LogP contribution in [0.25, 0.3) is 0 Å². The molecule has 2 atom stereocenters. The monoisotopic (exact) mass is 346 g/mol. The Bertz CT molecular complexity index is 613. The minimum atomic E-state index is -0.679. The molecule has 2 fully saturated rings. The predicted octanol–water partition coefficient (Wildman–Crippen LogP) is 2.36. The van der Waals surface area contributed by atoms with Gasteiger partial charge in [-0.05, 0) is 24.3 Å². The number of likely N-dealkylation sites (tertiary alicyclic amines) is 1. The molecular weight excluding hydrogens is 320 g/mol. The molecule has 2 amide bonds. The van der Waals surface area contributed by atoms with Gasteiger partial charge in [0, 0.05) is 26.3 Å². The first-order valence-electron chi connectivity index (χ1n) is 8.83. The molecule has 2 saturated heterocycles. The highest BCUT2D eigenvalue weighted by Crippen LogP contribution is 2.38. The number of esters is 1. The van der Waals surface area contributed by atoms with E-state index in [1.807, 2.05) is 23.1 Å². The molecule has 25 heavy (non-hydrogen) atoms. The molecule has 2 aliphatic heterocycles. The average molecular weight is 346 g/mol. The highest BCUT2D eigenvalue weighted by atomic mass is 16.5. The van der Waals surface area contributed by atoms with Crippen molar-refractivity contribution in [3.05, 3.63) is 35.9 Å². The average Bonchev–Trinajstić information content (AvgIpc) is 2.65. The molecule has 0 saturated carbocycles. The number of nitrogens with one attached hydrogen (secondary N) is 1. The zero-order chi connectivity index (χ0) is 17.9. The maximum Gasteiger partial charge on any atom is 0.317 e. The molecule has 0 aromatic heterocycles. The molecule has 0 unspecified atom stereocenters. The first-order chi connectivity index (χ1) is 12.1. The number of urea groups is 1. The fourth-order valence-corrected chi connectivity index (χ4v) is 3.84. The van der Waals surface area contributed by atoms with E-state index in [0.29, 0.717) is 32.0 Å². The minimum absolute atomic E-state index is 0.0879. The van der Waals surface area contributed by atoms with E-state index in [4.69, 9.17) is 9.47 Å². The van der Waals surface area contributed by atoms with E-state index in [1.54, 1.807) is 0 Å². The Hall–Kier alpha value is -2.08. The standard InChI is InChI=1S/C19H26N2O4/c1-14-12-21(16(14)15-6-4-3-5-7-15)18(23)20-13-19(17(22)24-2)8-10-25-11-9-19/h3-7,14,16H,8-13H2,1-2H3,(H,20,23)/t14-,16+/m1/s1. The molecule has 6 heteroatoms. The van der Waals surface area contributed by atoms with Gasteiger partial charge >= 0.3 is 12.0 Å². The molecular formula is C19H26N2O4. The number of hydrogen-bond acceptors (Lipinski definition) is 4. The van der Waals surface area contributed by atoms with Crippen LogP contribution in [0.4, 0.5) is 4.79 Å². The van der Waals surface area contributed by atoms with Crippen molar-refractivity contribution in [2.75, 3.05) is 33.4 Å². The summed E-state index contributed by atoms with van der Waals surface area (Å²) in [6.07, 6.45) is 1.14. The summed E-state index contributed by atoms with van der Waals surface area (Å²) in [5.41, 5.74) is 0.464. The Morgan fingerprint density at radius 1 is 1.28 bits per heavy atom. The second-order valence-corrected chi connectivity index (χ2v) is 7.03. The summed E-state index contributed by atoms with van der Waals surface area (Å²) in [6, 6.07) is 10.0. The van der Waals surface area contributed by atoms with E-state index in [1.165, 1.54) is 7.11 Å². The van der Waals surface area contributed by atoms with Crippen LogP contribution in [0.2, 0.25) is 0 Å². The van der Waals surface area contributed by atoms with E-state index < -0.39 is 5.41 Å². The lowest BCUT2D eigenvalue weighted by atomic mass is 9.80. The molecule has 1 N–H and O–H groups in total. The Labute approximate surface area is 148 Å². The Morgan fingerprint density at radius 3 is 2.56 bits per heavy atom. The highest BCUT2D eigenvalue weighted by molar-refractivity contribution is 5.80. The molecule has 1 aromatic carbocycles. The second kappa shape index (κ2) is 7.44. The van der Waals surface area contributed by atoms with Gasteiger partial charge in [-0.1, -0.05) is 37.3 Å². The van der Waals surface area contributed by atoms with Gasteiger partial charge in [0.25, 0.3) is 0 Å². The van der Waals surface area contributed by atoms with Crippen molar-refractivity contribution in [3.63, 3.8) is 0 Å². The molecule has 2 aliphatic rings. The summed E-state index contributed by atoms with van der Waals surface area (Å²) >= 11 is 0. The summed E-state index contributed by atoms with van der Waals surface area (Å²) in [5, 5.41) is 2.96. The summed E-state index contributed by atoms with van der Waals surface area (Å²) in [7, 11) is 1.39. The molecule has 0 spiro atoms. The zero-order valence-corrected chi connectivity index (χ0v) is 14.9. The third kappa shape index (κ3) is 3.49. The molecule has 6 nitrogen and oxygen atoms in total.